The maximum atomic E-state index is 13.2. The highest BCUT2D eigenvalue weighted by molar-refractivity contribution is 9.10. The Bertz CT molecular complexity index is 337. The number of halogens is 2. The molecule has 0 amide bonds. The van der Waals surface area contributed by atoms with Crippen LogP contribution in [0.2, 0.25) is 0 Å². The van der Waals surface area contributed by atoms with Crippen molar-refractivity contribution in [3.63, 3.8) is 0 Å². The third-order valence-electron chi connectivity index (χ3n) is 2.56. The van der Waals surface area contributed by atoms with Crippen molar-refractivity contribution in [1.82, 2.24) is 10.3 Å². The Morgan fingerprint density at radius 1 is 1.41 bits per heavy atom. The van der Waals surface area contributed by atoms with E-state index in [1.165, 1.54) is 6.07 Å². The van der Waals surface area contributed by atoms with Gasteiger partial charge in [-0.15, -0.1) is 0 Å². The molecule has 1 unspecified atom stereocenters. The first-order valence-corrected chi connectivity index (χ1v) is 6.36. The topological polar surface area (TPSA) is 41.3 Å². The lowest BCUT2D eigenvalue weighted by molar-refractivity contribution is 0.358. The van der Waals surface area contributed by atoms with Gasteiger partial charge in [-0.25, -0.2) is 4.39 Å². The molecule has 0 aromatic heterocycles. The molecule has 0 saturated heterocycles. The summed E-state index contributed by atoms with van der Waals surface area (Å²) >= 11 is 3.29. The summed E-state index contributed by atoms with van der Waals surface area (Å²) in [5, 5.41) is 0. The SMILES string of the molecule is CN(C)CCC(Cc1cc(F)cc(Br)c1)NN. The molecule has 5 heteroatoms. The molecule has 3 nitrogen and oxygen atoms in total. The number of nitrogens with zero attached hydrogens (tertiary/aromatic N) is 1. The smallest absolute Gasteiger partial charge is 0.124 e. The van der Waals surface area contributed by atoms with Crippen LogP contribution in [-0.2, 0) is 6.42 Å². The Kier molecular flexibility index (Phi) is 6.05. The molecule has 17 heavy (non-hydrogen) atoms. The van der Waals surface area contributed by atoms with Gasteiger partial charge in [0.2, 0.25) is 0 Å². The Morgan fingerprint density at radius 2 is 2.12 bits per heavy atom. The fraction of sp³-hybridized carbons (Fsp3) is 0.500. The lowest BCUT2D eigenvalue weighted by atomic mass is 10.0. The van der Waals surface area contributed by atoms with E-state index in [1.807, 2.05) is 20.2 Å². The summed E-state index contributed by atoms with van der Waals surface area (Å²) in [7, 11) is 4.04. The summed E-state index contributed by atoms with van der Waals surface area (Å²) in [6.07, 6.45) is 1.65. The Balaban J connectivity index is 2.60. The maximum Gasteiger partial charge on any atom is 0.124 e. The highest BCUT2D eigenvalue weighted by Crippen LogP contribution is 2.16. The highest BCUT2D eigenvalue weighted by atomic mass is 79.9. The predicted octanol–water partition coefficient (Wildman–Crippen LogP) is 1.91. The number of nitrogens with one attached hydrogen (secondary N) is 1. The zero-order valence-electron chi connectivity index (χ0n) is 10.2. The first-order valence-electron chi connectivity index (χ1n) is 5.57. The van der Waals surface area contributed by atoms with Gasteiger partial charge in [-0.3, -0.25) is 11.3 Å². The Labute approximate surface area is 110 Å². The van der Waals surface area contributed by atoms with E-state index in [0.717, 1.165) is 29.4 Å². The van der Waals surface area contributed by atoms with Gasteiger partial charge in [0, 0.05) is 10.5 Å². The second-order valence-electron chi connectivity index (χ2n) is 4.44. The Morgan fingerprint density at radius 3 is 2.65 bits per heavy atom. The summed E-state index contributed by atoms with van der Waals surface area (Å²) in [6, 6.07) is 5.08. The lowest BCUT2D eigenvalue weighted by Gasteiger charge is -2.18. The molecular formula is C12H19BrFN3. The Hall–Kier alpha value is -0.490. The van der Waals surface area contributed by atoms with E-state index in [2.05, 4.69) is 26.3 Å². The standard InChI is InChI=1S/C12H19BrFN3/c1-17(2)4-3-12(16-15)7-9-5-10(13)8-11(14)6-9/h5-6,8,12,16H,3-4,7,15H2,1-2H3. The van der Waals surface area contributed by atoms with Crippen molar-refractivity contribution in [2.45, 2.75) is 18.9 Å². The van der Waals surface area contributed by atoms with Crippen LogP contribution in [0.5, 0.6) is 0 Å². The maximum absolute atomic E-state index is 13.2. The van der Waals surface area contributed by atoms with E-state index in [-0.39, 0.29) is 11.9 Å². The van der Waals surface area contributed by atoms with Crippen LogP contribution in [0.25, 0.3) is 0 Å². The van der Waals surface area contributed by atoms with E-state index in [9.17, 15) is 4.39 Å². The minimum Gasteiger partial charge on any atom is -0.309 e. The summed E-state index contributed by atoms with van der Waals surface area (Å²) in [5.41, 5.74) is 3.72. The van der Waals surface area contributed by atoms with Crippen LogP contribution in [0.3, 0.4) is 0 Å². The van der Waals surface area contributed by atoms with Crippen LogP contribution >= 0.6 is 15.9 Å². The van der Waals surface area contributed by atoms with Gasteiger partial charge in [0.1, 0.15) is 5.82 Å². The van der Waals surface area contributed by atoms with Gasteiger partial charge in [0.15, 0.2) is 0 Å². The predicted molar refractivity (Wildman–Crippen MR) is 72.1 cm³/mol. The normalized spacial score (nSPS) is 13.1. The van der Waals surface area contributed by atoms with Crippen molar-refractivity contribution in [1.29, 1.82) is 0 Å². The molecule has 0 aliphatic rings. The molecule has 1 aromatic rings. The molecule has 1 aromatic carbocycles. The van der Waals surface area contributed by atoms with Crippen molar-refractivity contribution in [2.24, 2.45) is 5.84 Å². The van der Waals surface area contributed by atoms with Crippen LogP contribution < -0.4 is 11.3 Å². The van der Waals surface area contributed by atoms with Crippen LogP contribution in [0.4, 0.5) is 4.39 Å². The van der Waals surface area contributed by atoms with E-state index in [4.69, 9.17) is 5.84 Å². The van der Waals surface area contributed by atoms with E-state index in [0.29, 0.717) is 0 Å². The van der Waals surface area contributed by atoms with Crippen molar-refractivity contribution >= 4 is 15.9 Å². The number of hydrogen-bond acceptors (Lipinski definition) is 3. The molecule has 0 bridgehead atoms. The minimum absolute atomic E-state index is 0.158. The summed E-state index contributed by atoms with van der Waals surface area (Å²) < 4.78 is 14.0. The first kappa shape index (κ1) is 14.6. The number of hydrazine groups is 1. The summed E-state index contributed by atoms with van der Waals surface area (Å²) in [4.78, 5) is 2.10. The monoisotopic (exact) mass is 303 g/mol. The fourth-order valence-corrected chi connectivity index (χ4v) is 2.18. The van der Waals surface area contributed by atoms with E-state index >= 15 is 0 Å². The number of rotatable bonds is 6. The molecule has 1 atom stereocenters. The molecule has 1 rings (SSSR count). The van der Waals surface area contributed by atoms with Crippen molar-refractivity contribution in [3.8, 4) is 0 Å². The molecule has 3 N–H and O–H groups in total. The highest BCUT2D eigenvalue weighted by Gasteiger charge is 2.09. The molecule has 0 aliphatic heterocycles. The van der Waals surface area contributed by atoms with Crippen molar-refractivity contribution < 1.29 is 4.39 Å². The molecule has 0 radical (unpaired) electrons. The third kappa shape index (κ3) is 5.59. The van der Waals surface area contributed by atoms with Crippen LogP contribution in [0.1, 0.15) is 12.0 Å². The largest absolute Gasteiger partial charge is 0.309 e. The van der Waals surface area contributed by atoms with E-state index in [1.54, 1.807) is 6.07 Å². The molecule has 0 fully saturated rings. The number of hydrogen-bond donors (Lipinski definition) is 2. The molecule has 0 heterocycles. The molecular weight excluding hydrogens is 285 g/mol. The molecule has 0 spiro atoms. The third-order valence-corrected chi connectivity index (χ3v) is 3.02. The molecule has 0 aliphatic carbocycles. The lowest BCUT2D eigenvalue weighted by Crippen LogP contribution is -2.38. The minimum atomic E-state index is -0.224. The average Bonchev–Trinajstić information content (AvgIpc) is 2.22. The van der Waals surface area contributed by atoms with E-state index < -0.39 is 0 Å². The first-order chi connectivity index (χ1) is 8.01. The number of nitrogens with two attached hydrogens (primary N) is 1. The molecule has 0 saturated carbocycles. The van der Waals surface area contributed by atoms with Gasteiger partial charge in [-0.2, -0.15) is 0 Å². The fourth-order valence-electron chi connectivity index (χ4n) is 1.67. The average molecular weight is 304 g/mol. The number of benzene rings is 1. The van der Waals surface area contributed by atoms with Crippen LogP contribution in [0, 0.1) is 5.82 Å². The van der Waals surface area contributed by atoms with Gasteiger partial charge in [-0.05, 0) is 57.2 Å². The van der Waals surface area contributed by atoms with Gasteiger partial charge >= 0.3 is 0 Å². The van der Waals surface area contributed by atoms with Gasteiger partial charge in [0.05, 0.1) is 0 Å². The molecule has 96 valence electrons. The second kappa shape index (κ2) is 7.06. The van der Waals surface area contributed by atoms with Crippen molar-refractivity contribution in [3.05, 3.63) is 34.1 Å². The van der Waals surface area contributed by atoms with Gasteiger partial charge in [-0.1, -0.05) is 15.9 Å². The summed E-state index contributed by atoms with van der Waals surface area (Å²) in [6.45, 7) is 0.950. The van der Waals surface area contributed by atoms with Crippen molar-refractivity contribution in [2.75, 3.05) is 20.6 Å². The van der Waals surface area contributed by atoms with Crippen LogP contribution in [-0.4, -0.2) is 31.6 Å². The van der Waals surface area contributed by atoms with Gasteiger partial charge < -0.3 is 4.90 Å². The second-order valence-corrected chi connectivity index (χ2v) is 5.35. The zero-order chi connectivity index (χ0) is 12.8. The quantitative estimate of drug-likeness (QED) is 0.623. The van der Waals surface area contributed by atoms with Crippen LogP contribution in [0.15, 0.2) is 22.7 Å². The summed E-state index contributed by atoms with van der Waals surface area (Å²) in [5.74, 6) is 5.28. The zero-order valence-corrected chi connectivity index (χ0v) is 11.8. The van der Waals surface area contributed by atoms with Gasteiger partial charge in [0.25, 0.3) is 0 Å².